The van der Waals surface area contributed by atoms with E-state index in [0.717, 1.165) is 33.8 Å². The van der Waals surface area contributed by atoms with Gasteiger partial charge in [-0.25, -0.2) is 19.9 Å². The molecule has 0 bridgehead atoms. The Morgan fingerprint density at radius 2 is 1.86 bits per heavy atom. The fraction of sp³-hybridized carbons (Fsp3) is 0.226. The highest BCUT2D eigenvalue weighted by molar-refractivity contribution is 8.14. The number of aromatic nitrogens is 3. The summed E-state index contributed by atoms with van der Waals surface area (Å²) in [4.78, 5) is 23.5. The van der Waals surface area contributed by atoms with Crippen LogP contribution < -0.4 is 20.5 Å². The molecule has 226 valence electrons. The number of carbonyl (C=O) groups is 1. The first kappa shape index (κ1) is 29.5. The summed E-state index contributed by atoms with van der Waals surface area (Å²) in [5, 5.41) is 5.08. The Hall–Kier alpha value is -4.62. The number of allylic oxidation sites excluding steroid dienone is 1. The van der Waals surface area contributed by atoms with Crippen LogP contribution in [-0.4, -0.2) is 38.1 Å². The number of alkyl halides is 3. The van der Waals surface area contributed by atoms with Crippen LogP contribution >= 0.6 is 11.8 Å². The number of hydrogen-bond acceptors (Lipinski definition) is 6. The molecular weight excluding hydrogens is 591 g/mol. The van der Waals surface area contributed by atoms with Gasteiger partial charge in [-0.15, -0.1) is 18.3 Å². The van der Waals surface area contributed by atoms with Crippen LogP contribution in [0.1, 0.15) is 42.5 Å². The number of anilines is 1. The number of benzene rings is 3. The Bertz CT molecular complexity index is 1750. The summed E-state index contributed by atoms with van der Waals surface area (Å²) in [6.45, 7) is 6.14. The Balaban J connectivity index is 1.07. The number of rotatable bonds is 6. The highest BCUT2D eigenvalue weighted by Gasteiger charge is 2.33. The zero-order chi connectivity index (χ0) is 31.0. The van der Waals surface area contributed by atoms with E-state index >= 15 is 0 Å². The summed E-state index contributed by atoms with van der Waals surface area (Å²) in [6.07, 6.45) is -1.05. The molecule has 0 spiro atoms. The van der Waals surface area contributed by atoms with Gasteiger partial charge in [-0.2, -0.15) is 4.99 Å². The van der Waals surface area contributed by atoms with Gasteiger partial charge < -0.3 is 4.74 Å². The molecular formula is C31H28F3N7O2S. The third kappa shape index (κ3) is 6.33. The first-order valence-electron chi connectivity index (χ1n) is 13.8. The molecule has 2 unspecified atom stereocenters. The number of hydrazine groups is 1. The molecule has 1 aromatic heterocycles. The van der Waals surface area contributed by atoms with Crippen molar-refractivity contribution in [3.63, 3.8) is 0 Å². The Labute approximate surface area is 255 Å². The number of aryl methyl sites for hydroxylation is 1. The second-order valence-corrected chi connectivity index (χ2v) is 11.4. The van der Waals surface area contributed by atoms with Gasteiger partial charge in [-0.3, -0.25) is 10.3 Å². The summed E-state index contributed by atoms with van der Waals surface area (Å²) < 4.78 is 42.6. The zero-order valence-corrected chi connectivity index (χ0v) is 24.8. The lowest BCUT2D eigenvalue weighted by atomic mass is 9.93. The molecule has 0 saturated carbocycles. The summed E-state index contributed by atoms with van der Waals surface area (Å²) in [7, 11) is 0. The van der Waals surface area contributed by atoms with Gasteiger partial charge in [0.2, 0.25) is 0 Å². The highest BCUT2D eigenvalue weighted by Crippen LogP contribution is 2.43. The maximum absolute atomic E-state index is 12.8. The minimum atomic E-state index is -4.75. The van der Waals surface area contributed by atoms with E-state index in [1.807, 2.05) is 31.2 Å². The van der Waals surface area contributed by atoms with Crippen molar-refractivity contribution in [2.75, 3.05) is 10.7 Å². The molecule has 2 atom stereocenters. The summed E-state index contributed by atoms with van der Waals surface area (Å²) in [5.41, 5.74) is 12.5. The Morgan fingerprint density at radius 1 is 1.11 bits per heavy atom. The quantitative estimate of drug-likeness (QED) is 0.224. The summed E-state index contributed by atoms with van der Waals surface area (Å²) in [5.74, 6) is 1.19. The first-order chi connectivity index (χ1) is 21.0. The molecule has 1 saturated heterocycles. The van der Waals surface area contributed by atoms with Crippen LogP contribution in [0.15, 0.2) is 89.8 Å². The van der Waals surface area contributed by atoms with E-state index in [4.69, 9.17) is 0 Å². The highest BCUT2D eigenvalue weighted by atomic mass is 32.2. The van der Waals surface area contributed by atoms with Gasteiger partial charge in [0.25, 0.3) is 0 Å². The molecule has 1 fully saturated rings. The molecule has 3 aromatic carbocycles. The van der Waals surface area contributed by atoms with Crippen LogP contribution in [0.3, 0.4) is 0 Å². The molecule has 4 aromatic rings. The van der Waals surface area contributed by atoms with E-state index in [1.165, 1.54) is 52.6 Å². The standard InChI is InChI=1S/C31H28F3N7O2S/c1-18-4-13-26-19(2)15-24-16-44-30(41(24)27(26)14-18)36-29(42)38-37-20(3)21-5-7-22(8-6-21)28-35-17-40(39-28)23-9-11-25(12-10-23)43-31(32,33)34/h4-15,17,19-20,37H,16H2,1-3H3,(H,38,42)/b36-30-. The number of urea groups is 1. The maximum Gasteiger partial charge on any atom is 0.573 e. The fourth-order valence-corrected chi connectivity index (χ4v) is 6.07. The molecule has 2 amide bonds. The van der Waals surface area contributed by atoms with Crippen LogP contribution in [0.2, 0.25) is 0 Å². The monoisotopic (exact) mass is 619 g/mol. The van der Waals surface area contributed by atoms with E-state index in [9.17, 15) is 18.0 Å². The summed E-state index contributed by atoms with van der Waals surface area (Å²) >= 11 is 1.54. The van der Waals surface area contributed by atoms with Gasteiger partial charge in [0, 0.05) is 29.0 Å². The largest absolute Gasteiger partial charge is 0.573 e. The number of amides is 2. The van der Waals surface area contributed by atoms with Crippen molar-refractivity contribution >= 4 is 28.6 Å². The van der Waals surface area contributed by atoms with Crippen molar-refractivity contribution in [3.05, 3.63) is 102 Å². The lowest BCUT2D eigenvalue weighted by molar-refractivity contribution is -0.274. The average Bonchev–Trinajstić information content (AvgIpc) is 3.63. The van der Waals surface area contributed by atoms with E-state index in [1.54, 1.807) is 0 Å². The molecule has 3 heterocycles. The second-order valence-electron chi connectivity index (χ2n) is 10.5. The molecule has 6 rings (SSSR count). The van der Waals surface area contributed by atoms with Gasteiger partial charge in [0.15, 0.2) is 11.0 Å². The van der Waals surface area contributed by atoms with Crippen LogP contribution in [0.25, 0.3) is 17.1 Å². The maximum atomic E-state index is 12.8. The number of nitrogens with one attached hydrogen (secondary N) is 2. The number of hydrogen-bond donors (Lipinski definition) is 2. The van der Waals surface area contributed by atoms with Crippen molar-refractivity contribution < 1.29 is 22.7 Å². The molecule has 44 heavy (non-hydrogen) atoms. The molecule has 2 aliphatic heterocycles. The predicted molar refractivity (Wildman–Crippen MR) is 164 cm³/mol. The number of ether oxygens (including phenoxy) is 1. The average molecular weight is 620 g/mol. The van der Waals surface area contributed by atoms with E-state index in [2.05, 4.69) is 73.7 Å². The minimum absolute atomic E-state index is 0.220. The van der Waals surface area contributed by atoms with Gasteiger partial charge in [0.1, 0.15) is 12.1 Å². The lowest BCUT2D eigenvalue weighted by Gasteiger charge is -2.30. The van der Waals surface area contributed by atoms with Gasteiger partial charge in [-0.1, -0.05) is 61.2 Å². The number of halogens is 3. The van der Waals surface area contributed by atoms with Crippen molar-refractivity contribution in [2.45, 2.75) is 39.1 Å². The number of amidine groups is 1. The number of aliphatic imine (C=N–C) groups is 1. The van der Waals surface area contributed by atoms with Gasteiger partial charge in [0.05, 0.1) is 11.4 Å². The third-order valence-corrected chi connectivity index (χ3v) is 8.25. The van der Waals surface area contributed by atoms with Crippen molar-refractivity contribution in [3.8, 4) is 22.8 Å². The second kappa shape index (κ2) is 11.8. The molecule has 13 heteroatoms. The fourth-order valence-electron chi connectivity index (χ4n) is 5.07. The molecule has 2 N–H and O–H groups in total. The normalized spacial score (nSPS) is 17.6. The van der Waals surface area contributed by atoms with Crippen LogP contribution in [0.5, 0.6) is 5.75 Å². The predicted octanol–water partition coefficient (Wildman–Crippen LogP) is 7.03. The minimum Gasteiger partial charge on any atom is -0.406 e. The van der Waals surface area contributed by atoms with Gasteiger partial charge >= 0.3 is 12.4 Å². The van der Waals surface area contributed by atoms with E-state index in [0.29, 0.717) is 22.6 Å². The number of nitrogens with zero attached hydrogens (tertiary/aromatic N) is 5. The van der Waals surface area contributed by atoms with Crippen molar-refractivity contribution in [1.82, 2.24) is 25.6 Å². The number of fused-ring (bicyclic) bond motifs is 3. The smallest absolute Gasteiger partial charge is 0.406 e. The number of carbonyl (C=O) groups excluding carboxylic acids is 1. The van der Waals surface area contributed by atoms with Gasteiger partial charge in [-0.05, 0) is 60.9 Å². The van der Waals surface area contributed by atoms with Crippen LogP contribution in [0.4, 0.5) is 23.7 Å². The number of thioether (sulfide) groups is 1. The Morgan fingerprint density at radius 3 is 2.59 bits per heavy atom. The lowest BCUT2D eigenvalue weighted by Crippen LogP contribution is -2.38. The Kier molecular flexibility index (Phi) is 7.91. The first-order valence-corrected chi connectivity index (χ1v) is 14.8. The zero-order valence-electron chi connectivity index (χ0n) is 24.0. The van der Waals surface area contributed by atoms with E-state index in [-0.39, 0.29) is 11.8 Å². The van der Waals surface area contributed by atoms with Crippen LogP contribution in [-0.2, 0) is 0 Å². The molecule has 0 radical (unpaired) electrons. The van der Waals surface area contributed by atoms with Crippen molar-refractivity contribution in [1.29, 1.82) is 0 Å². The molecule has 0 aliphatic carbocycles. The van der Waals surface area contributed by atoms with Crippen LogP contribution in [0, 0.1) is 6.92 Å². The molecule has 9 nitrogen and oxygen atoms in total. The van der Waals surface area contributed by atoms with E-state index < -0.39 is 12.4 Å². The molecule has 2 aliphatic rings. The third-order valence-electron chi connectivity index (χ3n) is 7.28. The summed E-state index contributed by atoms with van der Waals surface area (Å²) in [6, 6.07) is 18.5. The van der Waals surface area contributed by atoms with Crippen molar-refractivity contribution in [2.24, 2.45) is 4.99 Å². The topological polar surface area (TPSA) is 96.7 Å². The SMILES string of the molecule is Cc1ccc2c(c1)N1C(=CC2C)CS/C1=N\C(=O)NNC(C)c1ccc(-c2ncn(-c3ccc(OC(F)(F)F)cc3)n2)cc1.